The van der Waals surface area contributed by atoms with Crippen molar-refractivity contribution < 1.29 is 9.53 Å². The monoisotopic (exact) mass is 329 g/mol. The number of hydrogen-bond acceptors (Lipinski definition) is 5. The average Bonchev–Trinajstić information content (AvgIpc) is 3.06. The van der Waals surface area contributed by atoms with E-state index in [1.165, 1.54) is 23.5 Å². The number of rotatable bonds is 3. The number of halogens is 1. The Bertz CT molecular complexity index is 920. The molecule has 22 heavy (non-hydrogen) atoms. The first-order chi connectivity index (χ1) is 10.7. The minimum Gasteiger partial charge on any atom is -0.423 e. The largest absolute Gasteiger partial charge is 0.423 e. The third-order valence-corrected chi connectivity index (χ3v) is 3.85. The van der Waals surface area contributed by atoms with Crippen molar-refractivity contribution in [3.8, 4) is 11.8 Å². The number of benzene rings is 1. The number of carbonyl (C=O) groups is 1. The van der Waals surface area contributed by atoms with E-state index < -0.39 is 5.97 Å². The van der Waals surface area contributed by atoms with Crippen LogP contribution in [0.25, 0.3) is 11.0 Å². The highest BCUT2D eigenvalue weighted by atomic mass is 35.5. The van der Waals surface area contributed by atoms with E-state index in [1.807, 2.05) is 17.6 Å². The summed E-state index contributed by atoms with van der Waals surface area (Å²) in [6.07, 6.45) is 4.64. The minimum absolute atomic E-state index is 0.314. The maximum Gasteiger partial charge on any atom is 0.336 e. The van der Waals surface area contributed by atoms with Gasteiger partial charge in [0, 0.05) is 17.7 Å². The molecule has 0 unspecified atom stereocenters. The van der Waals surface area contributed by atoms with E-state index in [0.29, 0.717) is 22.2 Å². The van der Waals surface area contributed by atoms with E-state index in [1.54, 1.807) is 28.7 Å². The van der Waals surface area contributed by atoms with Crippen LogP contribution in [-0.2, 0) is 4.79 Å². The fraction of sp³-hybridized carbons (Fsp3) is 0. The standard InChI is InChI=1S/C15H8ClN3O2S/c16-14-12(19-6-7-22-15(19)18-14)4-5-13(20)21-11-3-1-2-10(8-11)9-17/h1-8H. The molecule has 0 spiro atoms. The number of hydrogen-bond donors (Lipinski definition) is 0. The molecule has 3 aromatic rings. The van der Waals surface area contributed by atoms with Gasteiger partial charge in [0.15, 0.2) is 10.1 Å². The van der Waals surface area contributed by atoms with Crippen LogP contribution in [0.3, 0.4) is 0 Å². The molecule has 0 radical (unpaired) electrons. The Hall–Kier alpha value is -2.62. The van der Waals surface area contributed by atoms with Crippen LogP contribution in [0, 0.1) is 11.3 Å². The Labute approximate surface area is 134 Å². The summed E-state index contributed by atoms with van der Waals surface area (Å²) in [6, 6.07) is 8.36. The lowest BCUT2D eigenvalue weighted by molar-refractivity contribution is -0.128. The first-order valence-corrected chi connectivity index (χ1v) is 7.44. The van der Waals surface area contributed by atoms with Crippen molar-refractivity contribution in [3.05, 3.63) is 58.3 Å². The maximum atomic E-state index is 11.8. The van der Waals surface area contributed by atoms with Gasteiger partial charge in [0.05, 0.1) is 17.3 Å². The number of nitrogens with zero attached hydrogens (tertiary/aromatic N) is 3. The zero-order valence-corrected chi connectivity index (χ0v) is 12.6. The van der Waals surface area contributed by atoms with Gasteiger partial charge in [-0.15, -0.1) is 11.3 Å². The Morgan fingerprint density at radius 1 is 1.50 bits per heavy atom. The van der Waals surface area contributed by atoms with Gasteiger partial charge < -0.3 is 4.74 Å². The lowest BCUT2D eigenvalue weighted by atomic mass is 10.2. The van der Waals surface area contributed by atoms with Gasteiger partial charge in [0.2, 0.25) is 0 Å². The van der Waals surface area contributed by atoms with Crippen LogP contribution in [0.4, 0.5) is 0 Å². The third kappa shape index (κ3) is 2.86. The molecular formula is C15H8ClN3O2S. The molecule has 3 rings (SSSR count). The summed E-state index contributed by atoms with van der Waals surface area (Å²) in [4.78, 5) is 16.7. The van der Waals surface area contributed by atoms with E-state index in [2.05, 4.69) is 4.98 Å². The summed E-state index contributed by atoms with van der Waals surface area (Å²) in [6.45, 7) is 0. The van der Waals surface area contributed by atoms with Gasteiger partial charge in [-0.25, -0.2) is 9.78 Å². The summed E-state index contributed by atoms with van der Waals surface area (Å²) in [7, 11) is 0. The van der Waals surface area contributed by atoms with Crippen LogP contribution in [0.5, 0.6) is 5.75 Å². The second kappa shape index (κ2) is 6.02. The number of thiazole rings is 1. The van der Waals surface area contributed by atoms with Gasteiger partial charge in [-0.3, -0.25) is 4.40 Å². The summed E-state index contributed by atoms with van der Waals surface area (Å²) in [5, 5.41) is 11.0. The van der Waals surface area contributed by atoms with Crippen LogP contribution >= 0.6 is 22.9 Å². The van der Waals surface area contributed by atoms with E-state index in [0.717, 1.165) is 4.96 Å². The van der Waals surface area contributed by atoms with Crippen molar-refractivity contribution in [2.24, 2.45) is 0 Å². The van der Waals surface area contributed by atoms with Gasteiger partial charge in [-0.1, -0.05) is 17.7 Å². The predicted molar refractivity (Wildman–Crippen MR) is 83.9 cm³/mol. The summed E-state index contributed by atoms with van der Waals surface area (Å²) in [5.41, 5.74) is 1.04. The summed E-state index contributed by atoms with van der Waals surface area (Å²) in [5.74, 6) is -0.245. The fourth-order valence-electron chi connectivity index (χ4n) is 1.85. The fourth-order valence-corrected chi connectivity index (χ4v) is 2.86. The van der Waals surface area contributed by atoms with Crippen molar-refractivity contribution in [2.75, 3.05) is 0 Å². The highest BCUT2D eigenvalue weighted by molar-refractivity contribution is 7.15. The predicted octanol–water partition coefficient (Wildman–Crippen LogP) is 3.54. The first kappa shape index (κ1) is 14.3. The first-order valence-electron chi connectivity index (χ1n) is 6.18. The van der Waals surface area contributed by atoms with Crippen molar-refractivity contribution in [2.45, 2.75) is 0 Å². The van der Waals surface area contributed by atoms with E-state index in [-0.39, 0.29) is 0 Å². The molecule has 108 valence electrons. The van der Waals surface area contributed by atoms with E-state index >= 15 is 0 Å². The molecule has 0 saturated carbocycles. The molecular weight excluding hydrogens is 322 g/mol. The second-order valence-corrected chi connectivity index (χ2v) is 5.47. The molecule has 2 aromatic heterocycles. The topological polar surface area (TPSA) is 67.4 Å². The number of esters is 1. The van der Waals surface area contributed by atoms with Crippen molar-refractivity contribution in [3.63, 3.8) is 0 Å². The number of fused-ring (bicyclic) bond motifs is 1. The summed E-state index contributed by atoms with van der Waals surface area (Å²) >= 11 is 7.48. The molecule has 0 bridgehead atoms. The van der Waals surface area contributed by atoms with Gasteiger partial charge in [-0.2, -0.15) is 5.26 Å². The smallest absolute Gasteiger partial charge is 0.336 e. The van der Waals surface area contributed by atoms with Gasteiger partial charge in [-0.05, 0) is 24.3 Å². The summed E-state index contributed by atoms with van der Waals surface area (Å²) < 4.78 is 6.93. The Balaban J connectivity index is 1.77. The maximum absolute atomic E-state index is 11.8. The van der Waals surface area contributed by atoms with E-state index in [9.17, 15) is 4.79 Å². The molecule has 7 heteroatoms. The van der Waals surface area contributed by atoms with Crippen LogP contribution in [0.2, 0.25) is 5.15 Å². The number of ether oxygens (including phenoxy) is 1. The molecule has 0 aliphatic heterocycles. The lowest BCUT2D eigenvalue weighted by Gasteiger charge is -2.00. The Morgan fingerprint density at radius 2 is 2.36 bits per heavy atom. The molecule has 1 aromatic carbocycles. The zero-order chi connectivity index (χ0) is 15.5. The highest BCUT2D eigenvalue weighted by Gasteiger charge is 2.09. The van der Waals surface area contributed by atoms with Crippen molar-refractivity contribution in [1.29, 1.82) is 5.26 Å². The molecule has 0 amide bonds. The SMILES string of the molecule is N#Cc1cccc(OC(=O)C=Cc2c(Cl)nc3sccn23)c1. The average molecular weight is 330 g/mol. The normalized spacial score (nSPS) is 10.9. The third-order valence-electron chi connectivity index (χ3n) is 2.81. The molecule has 5 nitrogen and oxygen atoms in total. The van der Waals surface area contributed by atoms with Crippen molar-refractivity contribution in [1.82, 2.24) is 9.38 Å². The van der Waals surface area contributed by atoms with Crippen LogP contribution in [-0.4, -0.2) is 15.4 Å². The number of imidazole rings is 1. The molecule has 0 atom stereocenters. The molecule has 0 fully saturated rings. The molecule has 0 aliphatic rings. The Kier molecular flexibility index (Phi) is 3.92. The molecule has 0 aliphatic carbocycles. The van der Waals surface area contributed by atoms with Crippen molar-refractivity contribution >= 4 is 39.9 Å². The van der Waals surface area contributed by atoms with E-state index in [4.69, 9.17) is 21.6 Å². The van der Waals surface area contributed by atoms with Gasteiger partial charge >= 0.3 is 5.97 Å². The van der Waals surface area contributed by atoms with Gasteiger partial charge in [0.25, 0.3) is 0 Å². The number of nitriles is 1. The molecule has 2 heterocycles. The highest BCUT2D eigenvalue weighted by Crippen LogP contribution is 2.22. The van der Waals surface area contributed by atoms with Gasteiger partial charge in [0.1, 0.15) is 5.75 Å². The van der Waals surface area contributed by atoms with Crippen LogP contribution in [0.1, 0.15) is 11.3 Å². The lowest BCUT2D eigenvalue weighted by Crippen LogP contribution is -2.03. The molecule has 0 saturated heterocycles. The van der Waals surface area contributed by atoms with Crippen LogP contribution in [0.15, 0.2) is 41.9 Å². The van der Waals surface area contributed by atoms with Crippen LogP contribution < -0.4 is 4.74 Å². The number of carbonyl (C=O) groups excluding carboxylic acids is 1. The molecule has 0 N–H and O–H groups in total. The quantitative estimate of drug-likeness (QED) is 0.419. The Morgan fingerprint density at radius 3 is 3.18 bits per heavy atom. The second-order valence-electron chi connectivity index (χ2n) is 4.24. The minimum atomic E-state index is -0.559. The number of aromatic nitrogens is 2. The zero-order valence-electron chi connectivity index (χ0n) is 11.1.